The number of anilines is 2. The van der Waals surface area contributed by atoms with Gasteiger partial charge in [0.25, 0.3) is 0 Å². The summed E-state index contributed by atoms with van der Waals surface area (Å²) in [6.07, 6.45) is 12.1. The second kappa shape index (κ2) is 11.2. The number of H-pyrrole nitrogens is 1. The van der Waals surface area contributed by atoms with E-state index < -0.39 is 0 Å². The molecule has 6 nitrogen and oxygen atoms in total. The largest absolute Gasteiger partial charge is 0.361 e. The Hall–Kier alpha value is -3.92. The fourth-order valence-corrected chi connectivity index (χ4v) is 4.79. The Morgan fingerprint density at radius 2 is 1.89 bits per heavy atom. The van der Waals surface area contributed by atoms with E-state index in [9.17, 15) is 5.26 Å². The molecule has 1 saturated heterocycles. The summed E-state index contributed by atoms with van der Waals surface area (Å²) in [6.45, 7) is 7.61. The van der Waals surface area contributed by atoms with Crippen LogP contribution in [0.25, 0.3) is 23.1 Å². The number of aromatic amines is 1. The summed E-state index contributed by atoms with van der Waals surface area (Å²) in [5.74, 6) is 0. The molecule has 36 heavy (non-hydrogen) atoms. The highest BCUT2D eigenvalue weighted by Crippen LogP contribution is 2.31. The minimum absolute atomic E-state index is 0.515. The normalized spacial score (nSPS) is 14.0. The molecule has 6 heteroatoms. The zero-order valence-electron chi connectivity index (χ0n) is 20.7. The molecule has 0 amide bonds. The predicted molar refractivity (Wildman–Crippen MR) is 148 cm³/mol. The van der Waals surface area contributed by atoms with E-state index in [1.165, 1.54) is 31.5 Å². The van der Waals surface area contributed by atoms with Gasteiger partial charge in [-0.3, -0.25) is 4.98 Å². The van der Waals surface area contributed by atoms with Crippen molar-refractivity contribution in [2.24, 2.45) is 0 Å². The maximum Gasteiger partial charge on any atom is 0.103 e. The number of fused-ring (bicyclic) bond motifs is 1. The fourth-order valence-electron chi connectivity index (χ4n) is 4.79. The third kappa shape index (κ3) is 5.49. The molecule has 1 fully saturated rings. The maximum atomic E-state index is 9.73. The number of aromatic nitrogens is 2. The molecule has 0 saturated carbocycles. The molecule has 1 aliphatic heterocycles. The lowest BCUT2D eigenvalue weighted by Crippen LogP contribution is -2.29. The summed E-state index contributed by atoms with van der Waals surface area (Å²) < 4.78 is 0. The van der Waals surface area contributed by atoms with Gasteiger partial charge in [0, 0.05) is 60.4 Å². The average molecular weight is 477 g/mol. The molecule has 0 aliphatic carbocycles. The molecule has 0 radical (unpaired) electrons. The van der Waals surface area contributed by atoms with E-state index in [4.69, 9.17) is 0 Å². The van der Waals surface area contributed by atoms with Crippen LogP contribution in [0.5, 0.6) is 0 Å². The highest BCUT2D eigenvalue weighted by molar-refractivity contribution is 5.90. The van der Waals surface area contributed by atoms with Crippen LogP contribution in [0.1, 0.15) is 40.7 Å². The number of hydrogen-bond acceptors (Lipinski definition) is 5. The summed E-state index contributed by atoms with van der Waals surface area (Å²) in [6, 6.07) is 17.0. The van der Waals surface area contributed by atoms with Crippen LogP contribution >= 0.6 is 0 Å². The van der Waals surface area contributed by atoms with Crippen molar-refractivity contribution in [3.63, 3.8) is 0 Å². The molecule has 0 bridgehead atoms. The van der Waals surface area contributed by atoms with Gasteiger partial charge in [-0.15, -0.1) is 0 Å². The van der Waals surface area contributed by atoms with E-state index >= 15 is 0 Å². The van der Waals surface area contributed by atoms with Crippen LogP contribution in [-0.2, 0) is 6.54 Å². The standard InChI is InChI=1S/C30H32N6/c1-22-27-12-13-34-29(27)11-10-28(22)35-30-25(20-33-21-26(30)18-31)9-8-23-4-6-24(7-5-23)19-32-14-17-36-15-2-3-16-36/h4-13,20-21,32,34H,2-3,14-17,19H2,1H3,(H,33,35)/b9-8+. The summed E-state index contributed by atoms with van der Waals surface area (Å²) in [7, 11) is 0. The van der Waals surface area contributed by atoms with Crippen LogP contribution < -0.4 is 10.6 Å². The smallest absolute Gasteiger partial charge is 0.103 e. The average Bonchev–Trinajstić information content (AvgIpc) is 3.61. The lowest BCUT2D eigenvalue weighted by Gasteiger charge is -2.14. The number of pyridine rings is 1. The number of nitrogens with zero attached hydrogens (tertiary/aromatic N) is 3. The molecular formula is C30H32N6. The molecule has 3 N–H and O–H groups in total. The molecule has 0 spiro atoms. The summed E-state index contributed by atoms with van der Waals surface area (Å²) in [5, 5.41) is 17.9. The van der Waals surface area contributed by atoms with Crippen molar-refractivity contribution in [3.8, 4) is 6.07 Å². The number of hydrogen-bond donors (Lipinski definition) is 3. The molecule has 5 rings (SSSR count). The zero-order chi connectivity index (χ0) is 24.7. The van der Waals surface area contributed by atoms with Gasteiger partial charge in [-0.05, 0) is 67.7 Å². The number of aryl methyl sites for hydroxylation is 1. The number of benzene rings is 2. The van der Waals surface area contributed by atoms with Crippen LogP contribution in [0.2, 0.25) is 0 Å². The SMILES string of the molecule is Cc1c(Nc2c(C#N)cncc2/C=C/c2ccc(CNCCN3CCCC3)cc2)ccc2[nH]ccc12. The van der Waals surface area contributed by atoms with E-state index in [2.05, 4.69) is 81.0 Å². The lowest BCUT2D eigenvalue weighted by atomic mass is 10.1. The van der Waals surface area contributed by atoms with Gasteiger partial charge in [0.1, 0.15) is 6.07 Å². The first-order valence-corrected chi connectivity index (χ1v) is 12.6. The molecule has 2 aromatic carbocycles. The van der Waals surface area contributed by atoms with Gasteiger partial charge in [0.05, 0.1) is 11.3 Å². The highest BCUT2D eigenvalue weighted by Gasteiger charge is 2.12. The van der Waals surface area contributed by atoms with Gasteiger partial charge >= 0.3 is 0 Å². The van der Waals surface area contributed by atoms with Crippen LogP contribution in [0.15, 0.2) is 61.1 Å². The van der Waals surface area contributed by atoms with E-state index in [0.29, 0.717) is 5.56 Å². The Morgan fingerprint density at radius 1 is 1.06 bits per heavy atom. The summed E-state index contributed by atoms with van der Waals surface area (Å²) in [5.41, 5.74) is 7.74. The van der Waals surface area contributed by atoms with E-state index in [1.807, 2.05) is 18.3 Å². The van der Waals surface area contributed by atoms with Gasteiger partial charge in [-0.25, -0.2) is 0 Å². The Bertz CT molecular complexity index is 1390. The molecule has 1 aliphatic rings. The number of likely N-dealkylation sites (tertiary alicyclic amines) is 1. The maximum absolute atomic E-state index is 9.73. The van der Waals surface area contributed by atoms with Crippen LogP contribution in [0, 0.1) is 18.3 Å². The second-order valence-electron chi connectivity index (χ2n) is 9.37. The van der Waals surface area contributed by atoms with Gasteiger partial charge in [0.2, 0.25) is 0 Å². The van der Waals surface area contributed by atoms with Crippen molar-refractivity contribution in [1.29, 1.82) is 5.26 Å². The van der Waals surface area contributed by atoms with Crippen LogP contribution in [0.4, 0.5) is 11.4 Å². The second-order valence-corrected chi connectivity index (χ2v) is 9.37. The number of rotatable bonds is 9. The molecule has 3 heterocycles. The lowest BCUT2D eigenvalue weighted by molar-refractivity contribution is 0.335. The first kappa shape index (κ1) is 23.8. The number of nitriles is 1. The third-order valence-corrected chi connectivity index (χ3v) is 6.93. The van der Waals surface area contributed by atoms with Crippen molar-refractivity contribution in [2.75, 3.05) is 31.5 Å². The highest BCUT2D eigenvalue weighted by atomic mass is 15.1. The topological polar surface area (TPSA) is 79.8 Å². The monoisotopic (exact) mass is 476 g/mol. The Balaban J connectivity index is 1.27. The van der Waals surface area contributed by atoms with Crippen LogP contribution in [0.3, 0.4) is 0 Å². The van der Waals surface area contributed by atoms with Crippen molar-refractivity contribution in [1.82, 2.24) is 20.2 Å². The first-order chi connectivity index (χ1) is 17.7. The molecule has 2 aromatic heterocycles. The minimum atomic E-state index is 0.515. The molecule has 182 valence electrons. The third-order valence-electron chi connectivity index (χ3n) is 6.93. The summed E-state index contributed by atoms with van der Waals surface area (Å²) in [4.78, 5) is 10.1. The van der Waals surface area contributed by atoms with Crippen LogP contribution in [-0.4, -0.2) is 41.0 Å². The Morgan fingerprint density at radius 3 is 2.69 bits per heavy atom. The van der Waals surface area contributed by atoms with E-state index in [-0.39, 0.29) is 0 Å². The van der Waals surface area contributed by atoms with Gasteiger partial charge in [-0.1, -0.05) is 36.4 Å². The van der Waals surface area contributed by atoms with E-state index in [1.54, 1.807) is 12.4 Å². The quantitative estimate of drug-likeness (QED) is 0.264. The van der Waals surface area contributed by atoms with Gasteiger partial charge < -0.3 is 20.5 Å². The molecule has 4 aromatic rings. The zero-order valence-corrected chi connectivity index (χ0v) is 20.7. The van der Waals surface area contributed by atoms with Gasteiger partial charge in [0.15, 0.2) is 0 Å². The summed E-state index contributed by atoms with van der Waals surface area (Å²) >= 11 is 0. The van der Waals surface area contributed by atoms with Crippen molar-refractivity contribution >= 4 is 34.4 Å². The molecule has 0 atom stereocenters. The minimum Gasteiger partial charge on any atom is -0.361 e. The Labute approximate surface area is 212 Å². The fraction of sp³-hybridized carbons (Fsp3) is 0.267. The molecular weight excluding hydrogens is 444 g/mol. The number of nitrogens with one attached hydrogen (secondary N) is 3. The van der Waals surface area contributed by atoms with Crippen molar-refractivity contribution < 1.29 is 0 Å². The van der Waals surface area contributed by atoms with Gasteiger partial charge in [-0.2, -0.15) is 5.26 Å². The Kier molecular flexibility index (Phi) is 7.41. The predicted octanol–water partition coefficient (Wildman–Crippen LogP) is 5.84. The first-order valence-electron chi connectivity index (χ1n) is 12.6. The van der Waals surface area contributed by atoms with E-state index in [0.717, 1.165) is 58.6 Å². The molecule has 0 unspecified atom stereocenters. The van der Waals surface area contributed by atoms with Crippen molar-refractivity contribution in [2.45, 2.75) is 26.3 Å². The van der Waals surface area contributed by atoms with Crippen molar-refractivity contribution in [3.05, 3.63) is 88.9 Å².